The number of hydrogen-bond acceptors (Lipinski definition) is 7. The minimum atomic E-state index is -0.113. The Hall–Kier alpha value is -4.20. The van der Waals surface area contributed by atoms with Crippen LogP contribution in [0, 0.1) is 6.92 Å². The van der Waals surface area contributed by atoms with Crippen LogP contribution in [-0.2, 0) is 4.79 Å². The van der Waals surface area contributed by atoms with Crippen molar-refractivity contribution in [2.24, 2.45) is 0 Å². The maximum atomic E-state index is 12.3. The number of amides is 1. The van der Waals surface area contributed by atoms with Gasteiger partial charge in [0.1, 0.15) is 17.6 Å². The Morgan fingerprint density at radius 1 is 1.06 bits per heavy atom. The number of nitrogen functional groups attached to an aromatic ring is 1. The van der Waals surface area contributed by atoms with E-state index in [1.807, 2.05) is 43.3 Å². The normalized spacial score (nSPS) is 10.7. The molecule has 1 amide bonds. The molecule has 4 rings (SSSR count). The fourth-order valence-electron chi connectivity index (χ4n) is 3.45. The summed E-state index contributed by atoms with van der Waals surface area (Å²) in [6.45, 7) is 2.30. The lowest BCUT2D eigenvalue weighted by molar-refractivity contribution is -0.116. The number of fused-ring (bicyclic) bond motifs is 1. The lowest BCUT2D eigenvalue weighted by Gasteiger charge is -2.13. The van der Waals surface area contributed by atoms with Gasteiger partial charge in [-0.25, -0.2) is 15.0 Å². The monoisotopic (exact) mass is 443 g/mol. The zero-order valence-corrected chi connectivity index (χ0v) is 18.5. The van der Waals surface area contributed by atoms with E-state index in [-0.39, 0.29) is 5.91 Å². The van der Waals surface area contributed by atoms with E-state index in [0.29, 0.717) is 42.5 Å². The largest absolute Gasteiger partial charge is 0.491 e. The van der Waals surface area contributed by atoms with Crippen LogP contribution in [-0.4, -0.2) is 34.6 Å². The van der Waals surface area contributed by atoms with Crippen LogP contribution in [0.3, 0.4) is 0 Å². The first-order chi connectivity index (χ1) is 16.0. The molecule has 0 spiro atoms. The minimum Gasteiger partial charge on any atom is -0.491 e. The third-order valence-corrected chi connectivity index (χ3v) is 5.22. The molecule has 0 aliphatic rings. The van der Waals surface area contributed by atoms with Crippen LogP contribution in [0.15, 0.2) is 61.1 Å². The van der Waals surface area contributed by atoms with Crippen LogP contribution in [0.25, 0.3) is 22.0 Å². The standard InChI is InChI=1S/C25H25N5O3/c1-16-19-12-18(17-9-10-24(32-2)27-14-17)13-22(25(19)29-15-28-16)33-11-5-8-23(31)30-21-7-4-3-6-20(21)26/h3-4,6-7,9-10,12-15H,5,8,11,26H2,1-2H3,(H,30,31). The van der Waals surface area contributed by atoms with Gasteiger partial charge in [-0.3, -0.25) is 4.79 Å². The molecule has 3 N–H and O–H groups in total. The highest BCUT2D eigenvalue weighted by Gasteiger charge is 2.12. The summed E-state index contributed by atoms with van der Waals surface area (Å²) in [4.78, 5) is 25.3. The molecule has 0 saturated heterocycles. The number of rotatable bonds is 8. The Bertz CT molecular complexity index is 1280. The molecule has 0 saturated carbocycles. The van der Waals surface area contributed by atoms with Crippen LogP contribution in [0.5, 0.6) is 11.6 Å². The van der Waals surface area contributed by atoms with E-state index in [0.717, 1.165) is 27.7 Å². The van der Waals surface area contributed by atoms with E-state index in [9.17, 15) is 4.79 Å². The van der Waals surface area contributed by atoms with Gasteiger partial charge in [0.2, 0.25) is 11.8 Å². The summed E-state index contributed by atoms with van der Waals surface area (Å²) in [5, 5.41) is 3.73. The first-order valence-electron chi connectivity index (χ1n) is 10.6. The topological polar surface area (TPSA) is 112 Å². The maximum absolute atomic E-state index is 12.3. The van der Waals surface area contributed by atoms with E-state index in [4.69, 9.17) is 15.2 Å². The first-order valence-corrected chi connectivity index (χ1v) is 10.6. The third kappa shape index (κ3) is 5.17. The number of pyridine rings is 1. The Morgan fingerprint density at radius 3 is 2.67 bits per heavy atom. The molecule has 0 bridgehead atoms. The van der Waals surface area contributed by atoms with E-state index >= 15 is 0 Å². The fourth-order valence-corrected chi connectivity index (χ4v) is 3.45. The summed E-state index contributed by atoms with van der Waals surface area (Å²) in [5.41, 5.74) is 10.5. The average molecular weight is 444 g/mol. The number of ether oxygens (including phenoxy) is 2. The van der Waals surface area contributed by atoms with E-state index in [1.165, 1.54) is 6.33 Å². The smallest absolute Gasteiger partial charge is 0.224 e. The molecule has 0 radical (unpaired) electrons. The van der Waals surface area contributed by atoms with Crippen molar-refractivity contribution in [3.05, 3.63) is 66.7 Å². The predicted molar refractivity (Wildman–Crippen MR) is 128 cm³/mol. The number of aryl methyl sites for hydroxylation is 1. The van der Waals surface area contributed by atoms with Crippen LogP contribution in [0.1, 0.15) is 18.5 Å². The van der Waals surface area contributed by atoms with Gasteiger partial charge in [-0.2, -0.15) is 0 Å². The lowest BCUT2D eigenvalue weighted by atomic mass is 10.0. The fraction of sp³-hybridized carbons (Fsp3) is 0.200. The van der Waals surface area contributed by atoms with Gasteiger partial charge < -0.3 is 20.5 Å². The number of anilines is 2. The van der Waals surface area contributed by atoms with Gasteiger partial charge in [-0.05, 0) is 49.2 Å². The van der Waals surface area contributed by atoms with Crippen molar-refractivity contribution < 1.29 is 14.3 Å². The van der Waals surface area contributed by atoms with Crippen molar-refractivity contribution in [3.63, 3.8) is 0 Å². The first kappa shape index (κ1) is 22.0. The van der Waals surface area contributed by atoms with Crippen LogP contribution in [0.4, 0.5) is 11.4 Å². The number of carbonyl (C=O) groups excluding carboxylic acids is 1. The second kappa shape index (κ2) is 9.95. The molecule has 0 aliphatic heterocycles. The minimum absolute atomic E-state index is 0.113. The summed E-state index contributed by atoms with van der Waals surface area (Å²) in [5.74, 6) is 1.07. The molecule has 0 fully saturated rings. The summed E-state index contributed by atoms with van der Waals surface area (Å²) in [6, 6.07) is 14.9. The quantitative estimate of drug-likeness (QED) is 0.307. The van der Waals surface area contributed by atoms with Gasteiger partial charge in [-0.1, -0.05) is 12.1 Å². The number of methoxy groups -OCH3 is 1. The molecular weight excluding hydrogens is 418 g/mol. The molecule has 8 nitrogen and oxygen atoms in total. The number of benzene rings is 2. The number of nitrogens with zero attached hydrogens (tertiary/aromatic N) is 3. The molecular formula is C25H25N5O3. The van der Waals surface area contributed by atoms with Gasteiger partial charge in [0.15, 0.2) is 0 Å². The van der Waals surface area contributed by atoms with Crippen molar-refractivity contribution in [3.8, 4) is 22.8 Å². The highest BCUT2D eigenvalue weighted by molar-refractivity contribution is 5.94. The van der Waals surface area contributed by atoms with E-state index in [2.05, 4.69) is 20.3 Å². The second-order valence-corrected chi connectivity index (χ2v) is 7.51. The van der Waals surface area contributed by atoms with Crippen LogP contribution in [0.2, 0.25) is 0 Å². The molecule has 8 heteroatoms. The summed E-state index contributed by atoms with van der Waals surface area (Å²) >= 11 is 0. The molecule has 168 valence electrons. The highest BCUT2D eigenvalue weighted by Crippen LogP contribution is 2.32. The van der Waals surface area contributed by atoms with E-state index < -0.39 is 0 Å². The summed E-state index contributed by atoms with van der Waals surface area (Å²) in [7, 11) is 1.58. The molecule has 0 atom stereocenters. The van der Waals surface area contributed by atoms with Crippen molar-refractivity contribution in [2.45, 2.75) is 19.8 Å². The van der Waals surface area contributed by atoms with Crippen molar-refractivity contribution in [2.75, 3.05) is 24.8 Å². The third-order valence-electron chi connectivity index (χ3n) is 5.22. The SMILES string of the molecule is COc1ccc(-c2cc(OCCCC(=O)Nc3ccccc3N)c3ncnc(C)c3c2)cn1. The van der Waals surface area contributed by atoms with Crippen LogP contribution >= 0.6 is 0 Å². The highest BCUT2D eigenvalue weighted by atomic mass is 16.5. The van der Waals surface area contributed by atoms with Crippen molar-refractivity contribution >= 4 is 28.2 Å². The van der Waals surface area contributed by atoms with E-state index in [1.54, 1.807) is 25.4 Å². The Balaban J connectivity index is 1.47. The molecule has 0 unspecified atom stereocenters. The van der Waals surface area contributed by atoms with Crippen LogP contribution < -0.4 is 20.5 Å². The van der Waals surface area contributed by atoms with Gasteiger partial charge in [0, 0.05) is 35.3 Å². The molecule has 2 aromatic heterocycles. The maximum Gasteiger partial charge on any atom is 0.224 e. The van der Waals surface area contributed by atoms with Gasteiger partial charge in [0.05, 0.1) is 25.1 Å². The average Bonchev–Trinajstić information content (AvgIpc) is 2.83. The Labute approximate surface area is 191 Å². The lowest BCUT2D eigenvalue weighted by Crippen LogP contribution is -2.14. The predicted octanol–water partition coefficient (Wildman–Crippen LogP) is 4.39. The Morgan fingerprint density at radius 2 is 1.91 bits per heavy atom. The van der Waals surface area contributed by atoms with Gasteiger partial charge >= 0.3 is 0 Å². The zero-order chi connectivity index (χ0) is 23.2. The molecule has 0 aliphatic carbocycles. The number of hydrogen-bond donors (Lipinski definition) is 2. The van der Waals surface area contributed by atoms with Crippen molar-refractivity contribution in [1.29, 1.82) is 0 Å². The van der Waals surface area contributed by atoms with Crippen molar-refractivity contribution in [1.82, 2.24) is 15.0 Å². The van der Waals surface area contributed by atoms with Gasteiger partial charge in [0.25, 0.3) is 0 Å². The number of aromatic nitrogens is 3. The number of nitrogens with one attached hydrogen (secondary N) is 1. The summed E-state index contributed by atoms with van der Waals surface area (Å²) in [6.07, 6.45) is 4.13. The number of para-hydroxylation sites is 2. The molecule has 33 heavy (non-hydrogen) atoms. The molecule has 4 aromatic rings. The molecule has 2 heterocycles. The number of carbonyl (C=O) groups is 1. The Kier molecular flexibility index (Phi) is 6.64. The number of nitrogens with two attached hydrogens (primary N) is 1. The second-order valence-electron chi connectivity index (χ2n) is 7.51. The summed E-state index contributed by atoms with van der Waals surface area (Å²) < 4.78 is 11.2. The van der Waals surface area contributed by atoms with Gasteiger partial charge in [-0.15, -0.1) is 0 Å². The zero-order valence-electron chi connectivity index (χ0n) is 18.5. The molecule has 2 aromatic carbocycles.